The molecule has 0 aliphatic carbocycles. The zero-order valence-corrected chi connectivity index (χ0v) is 14.4. The van der Waals surface area contributed by atoms with E-state index in [0.717, 1.165) is 5.56 Å². The molecule has 23 heavy (non-hydrogen) atoms. The first-order valence-electron chi connectivity index (χ1n) is 7.37. The van der Waals surface area contributed by atoms with Gasteiger partial charge in [-0.05, 0) is 36.0 Å². The van der Waals surface area contributed by atoms with Crippen molar-refractivity contribution in [2.75, 3.05) is 0 Å². The molecule has 1 atom stereocenters. The number of benzene rings is 1. The van der Waals surface area contributed by atoms with Gasteiger partial charge in [0, 0.05) is 6.42 Å². The van der Waals surface area contributed by atoms with Crippen LogP contribution in [0.1, 0.15) is 45.6 Å². The Bertz CT molecular complexity index is 644. The van der Waals surface area contributed by atoms with Gasteiger partial charge in [0.2, 0.25) is 10.0 Å². The first kappa shape index (κ1) is 19.3. The van der Waals surface area contributed by atoms with Crippen LogP contribution in [0.25, 0.3) is 0 Å². The molecule has 1 unspecified atom stereocenters. The van der Waals surface area contributed by atoms with E-state index in [4.69, 9.17) is 5.11 Å². The molecule has 7 heteroatoms. The summed E-state index contributed by atoms with van der Waals surface area (Å²) in [5.41, 5.74) is 0.881. The Kier molecular flexibility index (Phi) is 6.47. The van der Waals surface area contributed by atoms with E-state index in [-0.39, 0.29) is 23.2 Å². The highest BCUT2D eigenvalue weighted by Crippen LogP contribution is 2.23. The molecule has 0 saturated carbocycles. The number of aldehydes is 1. The summed E-state index contributed by atoms with van der Waals surface area (Å²) in [6.07, 6.45) is 1.25. The molecule has 0 aliphatic rings. The van der Waals surface area contributed by atoms with Crippen molar-refractivity contribution in [1.82, 2.24) is 4.72 Å². The van der Waals surface area contributed by atoms with Crippen molar-refractivity contribution in [3.8, 4) is 0 Å². The second kappa shape index (κ2) is 7.70. The Morgan fingerprint density at radius 2 is 1.83 bits per heavy atom. The highest BCUT2D eigenvalue weighted by Gasteiger charge is 2.25. The zero-order valence-electron chi connectivity index (χ0n) is 13.6. The molecule has 0 heterocycles. The summed E-state index contributed by atoms with van der Waals surface area (Å²) in [5.74, 6) is -1.26. The van der Waals surface area contributed by atoms with Crippen LogP contribution in [0.3, 0.4) is 0 Å². The Hall–Kier alpha value is -1.73. The largest absolute Gasteiger partial charge is 0.480 e. The van der Waals surface area contributed by atoms with Gasteiger partial charge in [-0.2, -0.15) is 4.72 Å². The summed E-state index contributed by atoms with van der Waals surface area (Å²) in [5, 5.41) is 9.12. The van der Waals surface area contributed by atoms with Gasteiger partial charge in [0.15, 0.2) is 0 Å². The Labute approximate surface area is 137 Å². The van der Waals surface area contributed by atoms with Gasteiger partial charge in [-0.15, -0.1) is 0 Å². The van der Waals surface area contributed by atoms with Gasteiger partial charge < -0.3 is 9.90 Å². The lowest BCUT2D eigenvalue weighted by Gasteiger charge is -2.19. The van der Waals surface area contributed by atoms with E-state index in [0.29, 0.717) is 12.7 Å². The summed E-state index contributed by atoms with van der Waals surface area (Å²) in [6, 6.07) is 5.12. The summed E-state index contributed by atoms with van der Waals surface area (Å²) in [6.45, 7) is 6.05. The minimum atomic E-state index is -3.92. The number of carboxylic acids is 1. The van der Waals surface area contributed by atoms with E-state index in [9.17, 15) is 18.0 Å². The molecule has 2 N–H and O–H groups in total. The Balaban J connectivity index is 2.92. The lowest BCUT2D eigenvalue weighted by molar-refractivity contribution is -0.139. The van der Waals surface area contributed by atoms with Crippen LogP contribution in [0.15, 0.2) is 29.2 Å². The van der Waals surface area contributed by atoms with Crippen LogP contribution >= 0.6 is 0 Å². The van der Waals surface area contributed by atoms with Crippen molar-refractivity contribution in [2.45, 2.75) is 56.4 Å². The van der Waals surface area contributed by atoms with E-state index >= 15 is 0 Å². The molecule has 0 saturated heterocycles. The van der Waals surface area contributed by atoms with Crippen LogP contribution in [0.5, 0.6) is 0 Å². The van der Waals surface area contributed by atoms with Crippen molar-refractivity contribution in [2.24, 2.45) is 0 Å². The maximum atomic E-state index is 12.3. The smallest absolute Gasteiger partial charge is 0.321 e. The van der Waals surface area contributed by atoms with Gasteiger partial charge in [-0.1, -0.05) is 32.9 Å². The number of carbonyl (C=O) groups excluding carboxylic acids is 1. The molecule has 0 aliphatic heterocycles. The van der Waals surface area contributed by atoms with Crippen LogP contribution in [0.4, 0.5) is 0 Å². The molecule has 0 radical (unpaired) electrons. The van der Waals surface area contributed by atoms with Crippen LogP contribution in [0, 0.1) is 0 Å². The van der Waals surface area contributed by atoms with Crippen molar-refractivity contribution in [3.05, 3.63) is 29.8 Å². The molecule has 0 bridgehead atoms. The molecule has 1 aromatic carbocycles. The Morgan fingerprint density at radius 3 is 2.26 bits per heavy atom. The van der Waals surface area contributed by atoms with E-state index in [2.05, 4.69) is 4.72 Å². The number of hydrogen-bond acceptors (Lipinski definition) is 4. The fraction of sp³-hybridized carbons (Fsp3) is 0.500. The summed E-state index contributed by atoms with van der Waals surface area (Å²) in [7, 11) is -3.92. The maximum absolute atomic E-state index is 12.3. The Morgan fingerprint density at radius 1 is 1.26 bits per heavy atom. The zero-order chi connectivity index (χ0) is 17.7. The fourth-order valence-corrected chi connectivity index (χ4v) is 3.25. The lowest BCUT2D eigenvalue weighted by atomic mass is 9.87. The predicted molar refractivity (Wildman–Crippen MR) is 86.8 cm³/mol. The highest BCUT2D eigenvalue weighted by atomic mass is 32.2. The van der Waals surface area contributed by atoms with Gasteiger partial charge in [-0.25, -0.2) is 8.42 Å². The quantitative estimate of drug-likeness (QED) is 0.557. The number of sulfonamides is 1. The van der Waals surface area contributed by atoms with E-state index in [1.807, 2.05) is 20.8 Å². The van der Waals surface area contributed by atoms with Crippen LogP contribution in [-0.2, 0) is 25.0 Å². The van der Waals surface area contributed by atoms with Crippen molar-refractivity contribution in [1.29, 1.82) is 0 Å². The molecule has 0 aromatic heterocycles. The predicted octanol–water partition coefficient (Wildman–Crippen LogP) is 2.08. The lowest BCUT2D eigenvalue weighted by Crippen LogP contribution is -2.40. The molecule has 128 valence electrons. The molecule has 1 aromatic rings. The van der Waals surface area contributed by atoms with Gasteiger partial charge in [0.1, 0.15) is 12.3 Å². The molecule has 6 nitrogen and oxygen atoms in total. The average Bonchev–Trinajstić information content (AvgIpc) is 2.45. The van der Waals surface area contributed by atoms with Gasteiger partial charge in [0.25, 0.3) is 0 Å². The molecular formula is C16H23NO5S. The SMILES string of the molecule is CC(C)(C)c1ccc(S(=O)(=O)NC(CCCC=O)C(=O)O)cc1. The fourth-order valence-electron chi connectivity index (χ4n) is 2.03. The van der Waals surface area contributed by atoms with Crippen molar-refractivity contribution < 1.29 is 23.1 Å². The third-order valence-electron chi connectivity index (χ3n) is 3.44. The monoisotopic (exact) mass is 341 g/mol. The standard InChI is InChI=1S/C16H23NO5S/c1-16(2,3)12-7-9-13(10-8-12)23(21,22)17-14(15(19)20)6-4-5-11-18/h7-11,14,17H,4-6H2,1-3H3,(H,19,20). The molecule has 1 rings (SSSR count). The van der Waals surface area contributed by atoms with Crippen LogP contribution in [-0.4, -0.2) is 31.8 Å². The summed E-state index contributed by atoms with van der Waals surface area (Å²) < 4.78 is 26.8. The van der Waals surface area contributed by atoms with Crippen LogP contribution in [0.2, 0.25) is 0 Å². The molecule has 0 amide bonds. The first-order chi connectivity index (χ1) is 10.6. The summed E-state index contributed by atoms with van der Waals surface area (Å²) >= 11 is 0. The van der Waals surface area contributed by atoms with Crippen molar-refractivity contribution in [3.63, 3.8) is 0 Å². The third-order valence-corrected chi connectivity index (χ3v) is 4.93. The van der Waals surface area contributed by atoms with E-state index in [1.165, 1.54) is 12.1 Å². The minimum absolute atomic E-state index is 0.0205. The third kappa shape index (κ3) is 5.76. The number of hydrogen-bond donors (Lipinski definition) is 2. The van der Waals surface area contributed by atoms with Crippen LogP contribution < -0.4 is 4.72 Å². The van der Waals surface area contributed by atoms with Gasteiger partial charge in [0.05, 0.1) is 4.90 Å². The molecule has 0 spiro atoms. The second-order valence-electron chi connectivity index (χ2n) is 6.38. The average molecular weight is 341 g/mol. The highest BCUT2D eigenvalue weighted by molar-refractivity contribution is 7.89. The number of aliphatic carboxylic acids is 1. The minimum Gasteiger partial charge on any atom is -0.480 e. The maximum Gasteiger partial charge on any atom is 0.321 e. The number of carbonyl (C=O) groups is 2. The number of nitrogens with one attached hydrogen (secondary N) is 1. The van der Waals surface area contributed by atoms with E-state index < -0.39 is 22.0 Å². The molecule has 0 fully saturated rings. The topological polar surface area (TPSA) is 101 Å². The van der Waals surface area contributed by atoms with Gasteiger partial charge in [-0.3, -0.25) is 4.79 Å². The number of unbranched alkanes of at least 4 members (excludes halogenated alkanes) is 1. The normalized spacial score (nSPS) is 13.5. The number of rotatable bonds is 8. The van der Waals surface area contributed by atoms with E-state index in [1.54, 1.807) is 12.1 Å². The summed E-state index contributed by atoms with van der Waals surface area (Å²) in [4.78, 5) is 21.5. The van der Waals surface area contributed by atoms with Gasteiger partial charge >= 0.3 is 5.97 Å². The number of carboxylic acid groups (broad SMARTS) is 1. The van der Waals surface area contributed by atoms with Crippen molar-refractivity contribution >= 4 is 22.3 Å². The second-order valence-corrected chi connectivity index (χ2v) is 8.10. The molecular weight excluding hydrogens is 318 g/mol. The first-order valence-corrected chi connectivity index (χ1v) is 8.85.